The minimum atomic E-state index is -3.46. The van der Waals surface area contributed by atoms with Crippen molar-refractivity contribution >= 4 is 15.9 Å². The monoisotopic (exact) mass is 355 g/mol. The summed E-state index contributed by atoms with van der Waals surface area (Å²) in [7, 11) is -3.46. The molecule has 2 bridgehead atoms. The molecule has 0 unspecified atom stereocenters. The van der Waals surface area contributed by atoms with Crippen LogP contribution in [0.5, 0.6) is 0 Å². The van der Waals surface area contributed by atoms with Crippen LogP contribution in [0.15, 0.2) is 0 Å². The summed E-state index contributed by atoms with van der Waals surface area (Å²) in [5, 5.41) is 0. The first-order valence-electron chi connectivity index (χ1n) is 9.59. The van der Waals surface area contributed by atoms with Gasteiger partial charge in [-0.3, -0.25) is 4.79 Å². The third kappa shape index (κ3) is 2.45. The third-order valence-electron chi connectivity index (χ3n) is 7.47. The molecule has 1 saturated heterocycles. The molecule has 138 valence electrons. The molecule has 3 rings (SSSR count). The van der Waals surface area contributed by atoms with E-state index in [0.29, 0.717) is 11.8 Å². The molecular formula is C19H33NO3S. The highest BCUT2D eigenvalue weighted by atomic mass is 32.2. The molecule has 0 radical (unpaired) electrons. The molecule has 4 nitrogen and oxygen atoms in total. The van der Waals surface area contributed by atoms with Crippen LogP contribution in [0, 0.1) is 28.6 Å². The topological polar surface area (TPSA) is 54.5 Å². The van der Waals surface area contributed by atoms with Gasteiger partial charge >= 0.3 is 0 Å². The first-order chi connectivity index (χ1) is 11.0. The van der Waals surface area contributed by atoms with E-state index in [-0.39, 0.29) is 34.4 Å². The van der Waals surface area contributed by atoms with Crippen LogP contribution < -0.4 is 0 Å². The lowest BCUT2D eigenvalue weighted by Gasteiger charge is -2.37. The second-order valence-corrected chi connectivity index (χ2v) is 11.3. The van der Waals surface area contributed by atoms with Gasteiger partial charge in [0.25, 0.3) is 0 Å². The second-order valence-electron chi connectivity index (χ2n) is 9.48. The fourth-order valence-corrected chi connectivity index (χ4v) is 8.38. The minimum absolute atomic E-state index is 0.0284. The van der Waals surface area contributed by atoms with Gasteiger partial charge in [-0.25, -0.2) is 12.7 Å². The predicted octanol–water partition coefficient (Wildman–Crippen LogP) is 3.82. The SMILES string of the molecule is CC(C)CCC[C@@H](C)C(=O)N1[C@@H]2C[C@H]3CC[C@]2(CS1(=O)=O)C3(C)C. The zero-order valence-electron chi connectivity index (χ0n) is 15.8. The maximum absolute atomic E-state index is 13.0. The molecule has 1 aliphatic heterocycles. The molecule has 3 aliphatic rings. The molecule has 1 amide bonds. The molecule has 5 heteroatoms. The molecule has 1 heterocycles. The van der Waals surface area contributed by atoms with Gasteiger partial charge in [-0.1, -0.05) is 47.5 Å². The van der Waals surface area contributed by atoms with Crippen molar-refractivity contribution < 1.29 is 13.2 Å². The number of nitrogens with zero attached hydrogens (tertiary/aromatic N) is 1. The highest BCUT2D eigenvalue weighted by Crippen LogP contribution is 2.70. The van der Waals surface area contributed by atoms with E-state index in [4.69, 9.17) is 0 Å². The third-order valence-corrected chi connectivity index (χ3v) is 9.38. The van der Waals surface area contributed by atoms with Crippen molar-refractivity contribution in [2.45, 2.75) is 79.2 Å². The van der Waals surface area contributed by atoms with Gasteiger partial charge in [-0.05, 0) is 42.9 Å². The lowest BCUT2D eigenvalue weighted by atomic mass is 9.69. The summed E-state index contributed by atoms with van der Waals surface area (Å²) in [6, 6.07) is -0.0868. The van der Waals surface area contributed by atoms with Crippen LogP contribution in [0.2, 0.25) is 0 Å². The summed E-state index contributed by atoms with van der Waals surface area (Å²) >= 11 is 0. The zero-order chi connectivity index (χ0) is 17.9. The van der Waals surface area contributed by atoms with Crippen molar-refractivity contribution in [3.8, 4) is 0 Å². The highest BCUT2D eigenvalue weighted by Gasteiger charge is 2.72. The van der Waals surface area contributed by atoms with Crippen LogP contribution in [-0.2, 0) is 14.8 Å². The summed E-state index contributed by atoms with van der Waals surface area (Å²) < 4.78 is 27.1. The Morgan fingerprint density at radius 3 is 2.46 bits per heavy atom. The molecule has 0 aromatic carbocycles. The van der Waals surface area contributed by atoms with Gasteiger partial charge in [-0.2, -0.15) is 0 Å². The number of carbonyl (C=O) groups is 1. The Morgan fingerprint density at radius 2 is 1.88 bits per heavy atom. The smallest absolute Gasteiger partial charge is 0.239 e. The molecule has 1 spiro atoms. The van der Waals surface area contributed by atoms with Crippen molar-refractivity contribution in [3.63, 3.8) is 0 Å². The van der Waals surface area contributed by atoms with Gasteiger partial charge in [0, 0.05) is 11.3 Å². The van der Waals surface area contributed by atoms with E-state index in [2.05, 4.69) is 27.7 Å². The van der Waals surface area contributed by atoms with Crippen LogP contribution in [0.4, 0.5) is 0 Å². The molecule has 0 aromatic rings. The lowest BCUT2D eigenvalue weighted by Crippen LogP contribution is -2.45. The Balaban J connectivity index is 1.80. The summed E-state index contributed by atoms with van der Waals surface area (Å²) in [5.41, 5.74) is -0.176. The lowest BCUT2D eigenvalue weighted by molar-refractivity contribution is -0.133. The van der Waals surface area contributed by atoms with Gasteiger partial charge in [0.1, 0.15) is 0 Å². The van der Waals surface area contributed by atoms with E-state index in [1.807, 2.05) is 6.92 Å². The van der Waals surface area contributed by atoms with E-state index in [1.165, 1.54) is 4.31 Å². The average Bonchev–Trinajstić information content (AvgIpc) is 2.93. The number of fused-ring (bicyclic) bond motifs is 1. The first-order valence-corrected chi connectivity index (χ1v) is 11.2. The average molecular weight is 356 g/mol. The van der Waals surface area contributed by atoms with Crippen LogP contribution in [0.1, 0.15) is 73.1 Å². The maximum atomic E-state index is 13.0. The van der Waals surface area contributed by atoms with Crippen molar-refractivity contribution in [1.82, 2.24) is 4.31 Å². The zero-order valence-corrected chi connectivity index (χ0v) is 16.7. The molecular weight excluding hydrogens is 322 g/mol. The highest BCUT2D eigenvalue weighted by molar-refractivity contribution is 7.90. The molecule has 2 saturated carbocycles. The number of hydrogen-bond donors (Lipinski definition) is 0. The van der Waals surface area contributed by atoms with E-state index in [1.54, 1.807) is 0 Å². The van der Waals surface area contributed by atoms with Gasteiger partial charge in [0.05, 0.1) is 11.8 Å². The Bertz CT molecular complexity index is 625. The molecule has 3 fully saturated rings. The summed E-state index contributed by atoms with van der Waals surface area (Å²) in [6.07, 6.45) is 5.81. The molecule has 4 atom stereocenters. The van der Waals surface area contributed by atoms with Gasteiger partial charge in [0.15, 0.2) is 0 Å². The van der Waals surface area contributed by atoms with Crippen molar-refractivity contribution in [3.05, 3.63) is 0 Å². The van der Waals surface area contributed by atoms with Crippen LogP contribution in [0.25, 0.3) is 0 Å². The Labute approximate surface area is 147 Å². The second kappa shape index (κ2) is 5.72. The number of sulfonamides is 1. The Hall–Kier alpha value is -0.580. The Morgan fingerprint density at radius 1 is 1.21 bits per heavy atom. The van der Waals surface area contributed by atoms with Gasteiger partial charge < -0.3 is 0 Å². The van der Waals surface area contributed by atoms with Crippen molar-refractivity contribution in [2.24, 2.45) is 28.6 Å². The largest absolute Gasteiger partial charge is 0.273 e. The molecule has 24 heavy (non-hydrogen) atoms. The quantitative estimate of drug-likeness (QED) is 0.753. The molecule has 0 N–H and O–H groups in total. The normalized spacial score (nSPS) is 37.0. The summed E-state index contributed by atoms with van der Waals surface area (Å²) in [4.78, 5) is 13.0. The molecule has 0 aromatic heterocycles. The van der Waals surface area contributed by atoms with Gasteiger partial charge in [0.2, 0.25) is 15.9 Å². The van der Waals surface area contributed by atoms with E-state index in [0.717, 1.165) is 38.5 Å². The van der Waals surface area contributed by atoms with E-state index >= 15 is 0 Å². The van der Waals surface area contributed by atoms with Crippen LogP contribution in [0.3, 0.4) is 0 Å². The maximum Gasteiger partial charge on any atom is 0.239 e. The van der Waals surface area contributed by atoms with E-state index < -0.39 is 10.0 Å². The fourth-order valence-electron chi connectivity index (χ4n) is 5.75. The van der Waals surface area contributed by atoms with E-state index in [9.17, 15) is 13.2 Å². The van der Waals surface area contributed by atoms with Gasteiger partial charge in [-0.15, -0.1) is 0 Å². The fraction of sp³-hybridized carbons (Fsp3) is 0.947. The first kappa shape index (κ1) is 18.2. The summed E-state index contributed by atoms with van der Waals surface area (Å²) in [6.45, 7) is 10.7. The standard InChI is InChI=1S/C19H33NO3S/c1-13(2)7-6-8-14(3)17(21)20-16-11-15-9-10-19(16,18(15,4)5)12-24(20,22)23/h13-16H,6-12H2,1-5H3/t14-,15-,16-,19-/m1/s1. The van der Waals surface area contributed by atoms with Crippen molar-refractivity contribution in [2.75, 3.05) is 5.75 Å². The number of hydrogen-bond acceptors (Lipinski definition) is 3. The number of amides is 1. The number of carbonyl (C=O) groups excluding carboxylic acids is 1. The van der Waals surface area contributed by atoms with Crippen LogP contribution >= 0.6 is 0 Å². The number of rotatable bonds is 5. The van der Waals surface area contributed by atoms with Crippen molar-refractivity contribution in [1.29, 1.82) is 0 Å². The molecule has 2 aliphatic carbocycles. The summed E-state index contributed by atoms with van der Waals surface area (Å²) in [5.74, 6) is 1.01. The predicted molar refractivity (Wildman–Crippen MR) is 95.8 cm³/mol. The Kier molecular flexibility index (Phi) is 4.34. The minimum Gasteiger partial charge on any atom is -0.273 e. The van der Waals surface area contributed by atoms with Crippen LogP contribution in [-0.4, -0.2) is 30.4 Å².